The molecule has 0 radical (unpaired) electrons. The van der Waals surface area contributed by atoms with Gasteiger partial charge in [-0.25, -0.2) is 0 Å². The maximum atomic E-state index is 0. The molecule has 0 saturated carbocycles. The van der Waals surface area contributed by atoms with Crippen LogP contribution in [0.5, 0.6) is 0 Å². The Kier molecular flexibility index (Phi) is 104. The van der Waals surface area contributed by atoms with Crippen molar-refractivity contribution in [2.75, 3.05) is 0 Å². The first-order valence-corrected chi connectivity index (χ1v) is 0. The Morgan fingerprint density at radius 1 is 1.00 bits per heavy atom. The van der Waals surface area contributed by atoms with Crippen molar-refractivity contribution >= 4 is 89.4 Å². The van der Waals surface area contributed by atoms with Gasteiger partial charge < -0.3 is 0 Å². The molecule has 4 heteroatoms. The minimum Gasteiger partial charge on any atom is -0.0149 e. The summed E-state index contributed by atoms with van der Waals surface area (Å²) < 4.78 is 0. The van der Waals surface area contributed by atoms with Gasteiger partial charge in [-0.1, -0.05) is 0 Å². The van der Waals surface area contributed by atoms with E-state index in [9.17, 15) is 0 Å². The van der Waals surface area contributed by atoms with Gasteiger partial charge in [0.2, 0.25) is 0 Å². The average molecular weight is 243 g/mol. The van der Waals surface area contributed by atoms with Crippen LogP contribution in [0.3, 0.4) is 0 Å². The molecule has 0 saturated heterocycles. The van der Waals surface area contributed by atoms with E-state index in [1.165, 1.54) is 0 Å². The third-order valence-electron chi connectivity index (χ3n) is 0. The Hall–Kier alpha value is 3.50. The van der Waals surface area contributed by atoms with Crippen LogP contribution in [0.2, 0.25) is 0 Å². The van der Waals surface area contributed by atoms with Crippen LogP contribution >= 0.6 is 0 Å². The molecular weight excluding hydrogens is 236 g/mol. The van der Waals surface area contributed by atoms with Gasteiger partial charge in [0.1, 0.15) is 0 Å². The molecule has 0 aliphatic heterocycles. The summed E-state index contributed by atoms with van der Waals surface area (Å²) in [5.41, 5.74) is 0. The smallest absolute Gasteiger partial charge is 0 e. The van der Waals surface area contributed by atoms with Crippen molar-refractivity contribution in [1.29, 1.82) is 0 Å². The van der Waals surface area contributed by atoms with Crippen molar-refractivity contribution in [2.45, 2.75) is 0 Å². The van der Waals surface area contributed by atoms with E-state index in [-0.39, 0.29) is 111 Å². The molecular formula is H7BaNaSiTi. The Morgan fingerprint density at radius 3 is 1.00 bits per heavy atom. The van der Waals surface area contributed by atoms with E-state index < -0.39 is 0 Å². The zero-order chi connectivity index (χ0) is 0. The quantitative estimate of drug-likeness (QED) is 0.397. The Balaban J connectivity index is 0. The monoisotopic (exact) mass is 244 g/mol. The van der Waals surface area contributed by atoms with Gasteiger partial charge in [-0.2, -0.15) is 0 Å². The SMILES string of the molecule is [BaH2].[NaH].[SiH4].[Ti]. The van der Waals surface area contributed by atoms with Crippen molar-refractivity contribution in [1.82, 2.24) is 0 Å². The van der Waals surface area contributed by atoms with Gasteiger partial charge in [-0.05, 0) is 11.0 Å². The van der Waals surface area contributed by atoms with E-state index in [1.807, 2.05) is 0 Å². The van der Waals surface area contributed by atoms with E-state index >= 15 is 0 Å². The number of rotatable bonds is 0. The fourth-order valence-corrected chi connectivity index (χ4v) is 0. The minimum absolute atomic E-state index is 0. The molecule has 4 heavy (non-hydrogen) atoms. The van der Waals surface area contributed by atoms with Crippen LogP contribution in [-0.4, -0.2) is 89.4 Å². The summed E-state index contributed by atoms with van der Waals surface area (Å²) in [6, 6.07) is 0. The van der Waals surface area contributed by atoms with E-state index in [1.54, 1.807) is 0 Å². The summed E-state index contributed by atoms with van der Waals surface area (Å²) in [5, 5.41) is 0. The van der Waals surface area contributed by atoms with E-state index in [2.05, 4.69) is 0 Å². The van der Waals surface area contributed by atoms with Gasteiger partial charge in [0, 0.05) is 21.7 Å². The van der Waals surface area contributed by atoms with Gasteiger partial charge in [-0.15, -0.1) is 0 Å². The summed E-state index contributed by atoms with van der Waals surface area (Å²) in [6.07, 6.45) is 0. The third kappa shape index (κ3) is 9.09. The van der Waals surface area contributed by atoms with E-state index in [0.717, 1.165) is 0 Å². The Labute approximate surface area is 108 Å². The van der Waals surface area contributed by atoms with E-state index in [0.29, 0.717) is 0 Å². The van der Waals surface area contributed by atoms with Crippen LogP contribution in [0.15, 0.2) is 0 Å². The molecule has 0 atom stereocenters. The molecule has 0 aromatic carbocycles. The van der Waals surface area contributed by atoms with Crippen LogP contribution in [0.4, 0.5) is 0 Å². The van der Waals surface area contributed by atoms with E-state index in [4.69, 9.17) is 0 Å². The van der Waals surface area contributed by atoms with Gasteiger partial charge >= 0.3 is 78.4 Å². The predicted molar refractivity (Wildman–Crippen MR) is 27.0 cm³/mol. The first kappa shape index (κ1) is 25.9. The zero-order valence-electron chi connectivity index (χ0n) is 0.500. The van der Waals surface area contributed by atoms with Crippen LogP contribution < -0.4 is 0 Å². The molecule has 0 heterocycles. The number of hydrogen-bond donors (Lipinski definition) is 0. The molecule has 0 amide bonds. The molecule has 0 rings (SSSR count). The Bertz CT molecular complexity index is 8.00. The van der Waals surface area contributed by atoms with Crippen molar-refractivity contribution in [3.8, 4) is 0 Å². The van der Waals surface area contributed by atoms with Crippen LogP contribution in [0.1, 0.15) is 0 Å². The van der Waals surface area contributed by atoms with Gasteiger partial charge in [0.25, 0.3) is 0 Å². The van der Waals surface area contributed by atoms with Crippen LogP contribution in [0, 0.1) is 0 Å². The summed E-state index contributed by atoms with van der Waals surface area (Å²) in [5.74, 6) is 0. The van der Waals surface area contributed by atoms with Crippen molar-refractivity contribution in [3.05, 3.63) is 0 Å². The van der Waals surface area contributed by atoms with Crippen molar-refractivity contribution < 1.29 is 21.7 Å². The normalized spacial score (nSPS) is 0. The molecule has 0 bridgehead atoms. The van der Waals surface area contributed by atoms with Gasteiger partial charge in [0.15, 0.2) is 0 Å². The third-order valence-corrected chi connectivity index (χ3v) is 0. The summed E-state index contributed by atoms with van der Waals surface area (Å²) in [4.78, 5) is 0. The second-order valence-electron chi connectivity index (χ2n) is 0. The standard InChI is InChI=1S/Ba.Na.H4Si.Ti.3H/h;;1H4;;;;. The minimum atomic E-state index is 0. The molecule has 0 unspecified atom stereocenters. The fraction of sp³-hybridized carbons (Fsp3) is 0. The predicted octanol–water partition coefficient (Wildman–Crippen LogP) is -3.02. The van der Waals surface area contributed by atoms with Crippen molar-refractivity contribution in [2.24, 2.45) is 0 Å². The molecule has 0 nitrogen and oxygen atoms in total. The average Bonchev–Trinajstić information content (AvgIpc) is 0. The number of hydrogen-bond acceptors (Lipinski definition) is 0. The molecule has 0 N–H and O–H groups in total. The summed E-state index contributed by atoms with van der Waals surface area (Å²) >= 11 is 0. The molecule has 0 aliphatic rings. The molecule has 0 spiro atoms. The van der Waals surface area contributed by atoms with Gasteiger partial charge in [0.05, 0.1) is 0 Å². The first-order chi connectivity index (χ1) is 0. The zero-order valence-corrected chi connectivity index (χ0v) is 2.06. The maximum Gasteiger partial charge on any atom is 0 e. The van der Waals surface area contributed by atoms with Crippen LogP contribution in [-0.2, 0) is 21.7 Å². The first-order valence-electron chi connectivity index (χ1n) is 0. The second-order valence-corrected chi connectivity index (χ2v) is 0. The maximum absolute atomic E-state index is 0. The van der Waals surface area contributed by atoms with Crippen LogP contribution in [0.25, 0.3) is 0 Å². The fourth-order valence-electron chi connectivity index (χ4n) is 0. The molecule has 0 aliphatic carbocycles. The Morgan fingerprint density at radius 2 is 1.00 bits per heavy atom. The molecule has 0 fully saturated rings. The van der Waals surface area contributed by atoms with Crippen molar-refractivity contribution in [3.63, 3.8) is 0 Å². The topological polar surface area (TPSA) is 0 Å². The summed E-state index contributed by atoms with van der Waals surface area (Å²) in [6.45, 7) is 0. The summed E-state index contributed by atoms with van der Waals surface area (Å²) in [7, 11) is 0. The molecule has 0 aromatic heterocycles. The molecule has 0 aromatic rings. The second kappa shape index (κ2) is 16.0. The van der Waals surface area contributed by atoms with Gasteiger partial charge in [-0.3, -0.25) is 0 Å². The molecule has 18 valence electrons. The largest absolute Gasteiger partial charge is 0.0149 e.